The minimum atomic E-state index is -0.286. The number of likely N-dealkylation sites (N-methyl/N-ethyl adjacent to an activating group) is 1. The summed E-state index contributed by atoms with van der Waals surface area (Å²) in [5.74, 6) is -0.301. The molecule has 0 atom stereocenters. The molecule has 4 nitrogen and oxygen atoms in total. The Kier molecular flexibility index (Phi) is 5.92. The van der Waals surface area contributed by atoms with Crippen molar-refractivity contribution in [2.75, 3.05) is 13.6 Å². The van der Waals surface area contributed by atoms with Crippen LogP contribution in [-0.2, 0) is 17.9 Å². The van der Waals surface area contributed by atoms with Gasteiger partial charge in [-0.25, -0.2) is 4.39 Å². The number of carbonyl (C=O) groups excluding carboxylic acids is 1. The summed E-state index contributed by atoms with van der Waals surface area (Å²) in [5, 5.41) is 2.83. The van der Waals surface area contributed by atoms with Crippen LogP contribution in [0.3, 0.4) is 0 Å². The van der Waals surface area contributed by atoms with Crippen LogP contribution in [0.4, 0.5) is 4.39 Å². The van der Waals surface area contributed by atoms with Crippen molar-refractivity contribution in [3.05, 3.63) is 35.1 Å². The summed E-state index contributed by atoms with van der Waals surface area (Å²) in [4.78, 5) is 13.5. The van der Waals surface area contributed by atoms with Gasteiger partial charge in [-0.1, -0.05) is 12.1 Å². The molecule has 0 spiro atoms. The summed E-state index contributed by atoms with van der Waals surface area (Å²) in [6.45, 7) is 4.92. The molecule has 0 fully saturated rings. The van der Waals surface area contributed by atoms with Crippen molar-refractivity contribution in [1.82, 2.24) is 10.2 Å². The van der Waals surface area contributed by atoms with Crippen LogP contribution < -0.4 is 11.1 Å². The van der Waals surface area contributed by atoms with Gasteiger partial charge in [-0.05, 0) is 32.5 Å². The van der Waals surface area contributed by atoms with Gasteiger partial charge < -0.3 is 11.1 Å². The molecule has 1 amide bonds. The summed E-state index contributed by atoms with van der Waals surface area (Å²) in [6, 6.07) is 5.01. The van der Waals surface area contributed by atoms with Crippen LogP contribution in [0.5, 0.6) is 0 Å². The van der Waals surface area contributed by atoms with Crippen molar-refractivity contribution in [2.24, 2.45) is 5.73 Å². The lowest BCUT2D eigenvalue weighted by molar-refractivity contribution is -0.122. The molecule has 0 aliphatic carbocycles. The molecule has 0 aliphatic heterocycles. The highest BCUT2D eigenvalue weighted by Gasteiger charge is 2.09. The van der Waals surface area contributed by atoms with Gasteiger partial charge >= 0.3 is 0 Å². The van der Waals surface area contributed by atoms with Gasteiger partial charge in [-0.3, -0.25) is 9.69 Å². The molecule has 0 aromatic heterocycles. The van der Waals surface area contributed by atoms with Crippen molar-refractivity contribution in [3.63, 3.8) is 0 Å². The molecule has 1 aromatic carbocycles. The molecule has 106 valence electrons. The lowest BCUT2D eigenvalue weighted by Crippen LogP contribution is -2.38. The fourth-order valence-corrected chi connectivity index (χ4v) is 1.86. The molecule has 5 heteroatoms. The van der Waals surface area contributed by atoms with Crippen LogP contribution in [0.2, 0.25) is 0 Å². The van der Waals surface area contributed by atoms with E-state index < -0.39 is 0 Å². The van der Waals surface area contributed by atoms with Crippen LogP contribution in [-0.4, -0.2) is 30.4 Å². The van der Waals surface area contributed by atoms with E-state index in [2.05, 4.69) is 5.32 Å². The maximum absolute atomic E-state index is 13.3. The first-order valence-corrected chi connectivity index (χ1v) is 6.37. The standard InChI is InChI=1S/C14H22FN3O/c1-10(2)17-14(19)9-18(3)8-11-4-5-13(15)12(6-11)7-16/h4-6,10H,7-9,16H2,1-3H3,(H,17,19). The summed E-state index contributed by atoms with van der Waals surface area (Å²) < 4.78 is 13.3. The Labute approximate surface area is 113 Å². The summed E-state index contributed by atoms with van der Waals surface area (Å²) in [5.41, 5.74) is 6.91. The highest BCUT2D eigenvalue weighted by Crippen LogP contribution is 2.11. The highest BCUT2D eigenvalue weighted by atomic mass is 19.1. The monoisotopic (exact) mass is 267 g/mol. The first-order chi connectivity index (χ1) is 8.92. The van der Waals surface area contributed by atoms with E-state index in [9.17, 15) is 9.18 Å². The molecule has 0 saturated heterocycles. The minimum Gasteiger partial charge on any atom is -0.353 e. The first kappa shape index (κ1) is 15.6. The number of benzene rings is 1. The Hall–Kier alpha value is -1.46. The number of hydrogen-bond donors (Lipinski definition) is 2. The Bertz CT molecular complexity index is 435. The van der Waals surface area contributed by atoms with Crippen LogP contribution in [0.15, 0.2) is 18.2 Å². The van der Waals surface area contributed by atoms with E-state index in [1.165, 1.54) is 6.07 Å². The van der Waals surface area contributed by atoms with E-state index in [1.54, 1.807) is 12.1 Å². The number of carbonyl (C=O) groups is 1. The second-order valence-electron chi connectivity index (χ2n) is 5.02. The third-order valence-corrected chi connectivity index (χ3v) is 2.65. The van der Waals surface area contributed by atoms with Crippen LogP contribution >= 0.6 is 0 Å². The Balaban J connectivity index is 2.57. The topological polar surface area (TPSA) is 58.4 Å². The zero-order chi connectivity index (χ0) is 14.4. The summed E-state index contributed by atoms with van der Waals surface area (Å²) in [7, 11) is 1.85. The van der Waals surface area contributed by atoms with Gasteiger partial charge in [0.05, 0.1) is 6.54 Å². The maximum Gasteiger partial charge on any atom is 0.234 e. The van der Waals surface area contributed by atoms with Crippen LogP contribution in [0.25, 0.3) is 0 Å². The zero-order valence-corrected chi connectivity index (χ0v) is 11.7. The second kappa shape index (κ2) is 7.21. The quantitative estimate of drug-likeness (QED) is 0.815. The van der Waals surface area contributed by atoms with E-state index in [1.807, 2.05) is 25.8 Å². The molecule has 0 radical (unpaired) electrons. The number of nitrogens with zero attached hydrogens (tertiary/aromatic N) is 1. The zero-order valence-electron chi connectivity index (χ0n) is 11.7. The molecule has 0 bridgehead atoms. The summed E-state index contributed by atoms with van der Waals surface area (Å²) >= 11 is 0. The summed E-state index contributed by atoms with van der Waals surface area (Å²) in [6.07, 6.45) is 0. The number of rotatable bonds is 6. The molecule has 0 heterocycles. The molecule has 1 aromatic rings. The van der Waals surface area contributed by atoms with Crippen LogP contribution in [0, 0.1) is 5.82 Å². The molecular formula is C14H22FN3O. The van der Waals surface area contributed by atoms with Gasteiger partial charge in [-0.2, -0.15) is 0 Å². The first-order valence-electron chi connectivity index (χ1n) is 6.37. The fourth-order valence-electron chi connectivity index (χ4n) is 1.86. The smallest absolute Gasteiger partial charge is 0.234 e. The van der Waals surface area contributed by atoms with Gasteiger partial charge in [0.25, 0.3) is 0 Å². The number of hydrogen-bond acceptors (Lipinski definition) is 3. The van der Waals surface area contributed by atoms with Crippen molar-refractivity contribution < 1.29 is 9.18 Å². The number of amides is 1. The average Bonchev–Trinajstić information content (AvgIpc) is 2.30. The number of halogens is 1. The SMILES string of the molecule is CC(C)NC(=O)CN(C)Cc1ccc(F)c(CN)c1. The Morgan fingerprint density at radius 1 is 1.47 bits per heavy atom. The lowest BCUT2D eigenvalue weighted by atomic mass is 10.1. The third kappa shape index (κ3) is 5.36. The fraction of sp³-hybridized carbons (Fsp3) is 0.500. The minimum absolute atomic E-state index is 0.0151. The van der Waals surface area contributed by atoms with Gasteiger partial charge in [0.15, 0.2) is 0 Å². The van der Waals surface area contributed by atoms with Crippen LogP contribution in [0.1, 0.15) is 25.0 Å². The Morgan fingerprint density at radius 3 is 2.74 bits per heavy atom. The normalized spacial score (nSPS) is 11.1. The van der Waals surface area contributed by atoms with E-state index in [-0.39, 0.29) is 24.3 Å². The van der Waals surface area contributed by atoms with E-state index in [0.717, 1.165) is 5.56 Å². The molecule has 1 rings (SSSR count). The molecule has 0 unspecified atom stereocenters. The molecule has 0 aliphatic rings. The lowest BCUT2D eigenvalue weighted by Gasteiger charge is -2.18. The largest absolute Gasteiger partial charge is 0.353 e. The van der Waals surface area contributed by atoms with Gasteiger partial charge in [-0.15, -0.1) is 0 Å². The van der Waals surface area contributed by atoms with Crippen molar-refractivity contribution in [3.8, 4) is 0 Å². The van der Waals surface area contributed by atoms with E-state index in [0.29, 0.717) is 18.7 Å². The second-order valence-corrected chi connectivity index (χ2v) is 5.02. The Morgan fingerprint density at radius 2 is 2.16 bits per heavy atom. The van der Waals surface area contributed by atoms with E-state index >= 15 is 0 Å². The van der Waals surface area contributed by atoms with Gasteiger partial charge in [0.1, 0.15) is 5.82 Å². The van der Waals surface area contributed by atoms with Crippen molar-refractivity contribution in [2.45, 2.75) is 33.0 Å². The van der Waals surface area contributed by atoms with E-state index in [4.69, 9.17) is 5.73 Å². The van der Waals surface area contributed by atoms with Crippen molar-refractivity contribution in [1.29, 1.82) is 0 Å². The number of nitrogens with one attached hydrogen (secondary N) is 1. The number of nitrogens with two attached hydrogens (primary N) is 1. The highest BCUT2D eigenvalue weighted by molar-refractivity contribution is 5.78. The molecule has 19 heavy (non-hydrogen) atoms. The molecule has 0 saturated carbocycles. The van der Waals surface area contributed by atoms with Crippen molar-refractivity contribution >= 4 is 5.91 Å². The predicted molar refractivity (Wildman–Crippen MR) is 73.9 cm³/mol. The maximum atomic E-state index is 13.3. The average molecular weight is 267 g/mol. The molecule has 3 N–H and O–H groups in total. The molecular weight excluding hydrogens is 245 g/mol. The van der Waals surface area contributed by atoms with Gasteiger partial charge in [0.2, 0.25) is 5.91 Å². The third-order valence-electron chi connectivity index (χ3n) is 2.65. The van der Waals surface area contributed by atoms with Gasteiger partial charge in [0, 0.05) is 24.7 Å². The predicted octanol–water partition coefficient (Wildman–Crippen LogP) is 1.24.